The number of methoxy groups -OCH3 is 2. The van der Waals surface area contributed by atoms with Crippen LogP contribution in [0.4, 0.5) is 11.4 Å². The van der Waals surface area contributed by atoms with E-state index in [1.807, 2.05) is 89.2 Å². The Balaban J connectivity index is 0.000000213. The lowest BCUT2D eigenvalue weighted by Gasteiger charge is -2.64. The van der Waals surface area contributed by atoms with Gasteiger partial charge in [-0.25, -0.2) is 14.4 Å². The molecule has 9 rings (SSSR count). The lowest BCUT2D eigenvalue weighted by Crippen LogP contribution is -2.69. The summed E-state index contributed by atoms with van der Waals surface area (Å²) in [7, 11) is 3.28. The number of aliphatic hydroxyl groups excluding tert-OH is 3. The Bertz CT molecular complexity index is 3350. The Kier molecular flexibility index (Phi) is 26.1. The number of nitrogens with one attached hydrogen (secondary N) is 4. The molecule has 4 aliphatic rings. The zero-order valence-corrected chi connectivity index (χ0v) is 54.2. The first kappa shape index (κ1) is 73.7. The van der Waals surface area contributed by atoms with E-state index in [0.29, 0.717) is 68.5 Å². The van der Waals surface area contributed by atoms with Gasteiger partial charge in [0.25, 0.3) is 0 Å². The van der Waals surface area contributed by atoms with E-state index < -0.39 is 57.5 Å². The van der Waals surface area contributed by atoms with Crippen LogP contribution in [0, 0.1) is 28.6 Å². The Labute approximate surface area is 549 Å². The standard InChI is InChI=1S/C27H30Cl2O6.2C19H24N2O4.C4H4O4/c1-15-11-19-18-7-6-16-12-17(30)8-9-24(16,2)26(18,29)21(31)13-25(19,3)27(15,22(32)14-28)35-23(33)20-5-4-10-34-20;2*1-13(9-14-3-6-16(25-2)7-4-14)20-11-19(24)15-5-8-18(23)17(10-15)21-12-22;5-3(6)1-2-4(7)8/h4-5,8-10,12,15,18-19,21,31H,6-7,11,13-14H2,1-3H3;2*3-8,10,12-13,19-20,23-24H,9,11H2,1-2H3,(H,21,22);1-2H,(H,5,6)(H,7,8)/b;;;2-1+/t15-,18+,19+,21+,24+,25+,26+,27+;;;/m1.../s1. The van der Waals surface area contributed by atoms with Crippen molar-refractivity contribution < 1.29 is 87.9 Å². The van der Waals surface area contributed by atoms with Gasteiger partial charge in [-0.15, -0.1) is 23.2 Å². The second kappa shape index (κ2) is 33.0. The molecular formula is C69H82Cl2N4O18. The molecule has 5 aromatic rings. The molecule has 1 aromatic heterocycles. The number of carbonyl (C=O) groups excluding carboxylic acids is 5. The monoisotopic (exact) mass is 1320 g/mol. The fraction of sp³-hybridized carbons (Fsp3) is 0.406. The summed E-state index contributed by atoms with van der Waals surface area (Å²) in [5, 5.41) is 78.7. The number of aliphatic carboxylic acids is 2. The Morgan fingerprint density at radius 2 is 1.25 bits per heavy atom. The number of esters is 1. The number of alkyl halides is 2. The van der Waals surface area contributed by atoms with Crippen molar-refractivity contribution in [1.82, 2.24) is 10.6 Å². The highest BCUT2D eigenvalue weighted by Crippen LogP contribution is 2.72. The van der Waals surface area contributed by atoms with E-state index in [4.69, 9.17) is 52.0 Å². The normalized spacial score (nSPS) is 24.5. The van der Waals surface area contributed by atoms with Crippen LogP contribution >= 0.6 is 23.2 Å². The first-order chi connectivity index (χ1) is 44.1. The number of ether oxygens (including phenoxy) is 3. The number of phenols is 2. The number of Topliss-reactive ketones (excluding diaryl/α,β-unsaturated/α-hetero) is 1. The number of benzene rings is 4. The van der Waals surface area contributed by atoms with E-state index in [1.165, 1.54) is 41.7 Å². The van der Waals surface area contributed by atoms with Crippen LogP contribution in [0.5, 0.6) is 23.0 Å². The smallest absolute Gasteiger partial charge is 0.375 e. The average Bonchev–Trinajstić information content (AvgIpc) is 1.62. The van der Waals surface area contributed by atoms with Crippen molar-refractivity contribution in [1.29, 1.82) is 0 Å². The number of rotatable bonds is 24. The first-order valence-electron chi connectivity index (χ1n) is 30.1. The molecule has 4 aromatic carbocycles. The third-order valence-electron chi connectivity index (χ3n) is 18.0. The molecule has 2 amide bonds. The lowest BCUT2D eigenvalue weighted by molar-refractivity contribution is -0.177. The third kappa shape index (κ3) is 17.5. The minimum atomic E-state index is -1.53. The summed E-state index contributed by atoms with van der Waals surface area (Å²) in [5.41, 5.74) is 1.94. The van der Waals surface area contributed by atoms with E-state index in [9.17, 15) is 59.1 Å². The number of anilines is 2. The maximum atomic E-state index is 13.6. The third-order valence-corrected chi connectivity index (χ3v) is 19.2. The van der Waals surface area contributed by atoms with Gasteiger partial charge in [-0.05, 0) is 159 Å². The van der Waals surface area contributed by atoms with Gasteiger partial charge in [-0.3, -0.25) is 19.2 Å². The number of allylic oxidation sites excluding steroid dienone is 4. The van der Waals surface area contributed by atoms with Crippen LogP contribution in [-0.2, 0) is 46.3 Å². The zero-order chi connectivity index (χ0) is 68.4. The maximum absolute atomic E-state index is 13.6. The number of aliphatic hydroxyl groups is 3. The van der Waals surface area contributed by atoms with E-state index in [2.05, 4.69) is 21.3 Å². The second-order valence-electron chi connectivity index (χ2n) is 23.9. The summed E-state index contributed by atoms with van der Waals surface area (Å²) in [4.78, 5) is 77.9. The molecule has 4 unspecified atom stereocenters. The number of aromatic hydroxyl groups is 2. The summed E-state index contributed by atoms with van der Waals surface area (Å²) in [6.45, 7) is 10.6. The summed E-state index contributed by atoms with van der Waals surface area (Å²) in [5.74, 6) is -3.06. The molecule has 500 valence electrons. The number of hydrogen-bond donors (Lipinski definition) is 11. The second-order valence-corrected chi connectivity index (χ2v) is 24.8. The number of furan rings is 1. The van der Waals surface area contributed by atoms with Crippen molar-refractivity contribution >= 4 is 76.9 Å². The van der Waals surface area contributed by atoms with Crippen LogP contribution in [-0.4, -0.2) is 140 Å². The van der Waals surface area contributed by atoms with Crippen LogP contribution in [0.2, 0.25) is 0 Å². The first-order valence-corrected chi connectivity index (χ1v) is 31.0. The number of carboxylic acid groups (broad SMARTS) is 2. The quantitative estimate of drug-likeness (QED) is 0.00902. The Morgan fingerprint density at radius 3 is 1.68 bits per heavy atom. The lowest BCUT2D eigenvalue weighted by atomic mass is 9.45. The Hall–Kier alpha value is -8.35. The van der Waals surface area contributed by atoms with Gasteiger partial charge in [0.2, 0.25) is 18.6 Å². The van der Waals surface area contributed by atoms with E-state index in [0.717, 1.165) is 29.9 Å². The van der Waals surface area contributed by atoms with Crippen molar-refractivity contribution in [2.24, 2.45) is 28.6 Å². The molecule has 0 aliphatic heterocycles. The van der Waals surface area contributed by atoms with Crippen LogP contribution in [0.15, 0.2) is 144 Å². The molecule has 0 radical (unpaired) electrons. The van der Waals surface area contributed by atoms with Crippen molar-refractivity contribution in [3.05, 3.63) is 167 Å². The summed E-state index contributed by atoms with van der Waals surface area (Å²) in [6, 6.07) is 28.5. The molecule has 0 spiro atoms. The zero-order valence-electron chi connectivity index (χ0n) is 52.7. The number of carboxylic acids is 2. The number of halogens is 2. The Morgan fingerprint density at radius 1 is 0.753 bits per heavy atom. The average molecular weight is 1330 g/mol. The maximum Gasteiger partial charge on any atom is 0.375 e. The van der Waals surface area contributed by atoms with Crippen LogP contribution < -0.4 is 30.7 Å². The van der Waals surface area contributed by atoms with Gasteiger partial charge in [-0.1, -0.05) is 68.8 Å². The molecule has 11 N–H and O–H groups in total. The molecular weight excluding hydrogens is 1240 g/mol. The van der Waals surface area contributed by atoms with Crippen molar-refractivity contribution in [2.75, 3.05) is 43.8 Å². The molecule has 4 aliphatic carbocycles. The van der Waals surface area contributed by atoms with Gasteiger partial charge in [0, 0.05) is 54.1 Å². The van der Waals surface area contributed by atoms with Gasteiger partial charge in [-0.2, -0.15) is 0 Å². The molecule has 24 heteroatoms. The van der Waals surface area contributed by atoms with Crippen LogP contribution in [0.1, 0.15) is 105 Å². The number of hydrogen-bond acceptors (Lipinski definition) is 18. The minimum absolute atomic E-state index is 0.00557. The van der Waals surface area contributed by atoms with Gasteiger partial charge in [0.1, 0.15) is 23.0 Å². The van der Waals surface area contributed by atoms with Crippen molar-refractivity contribution in [2.45, 2.75) is 114 Å². The summed E-state index contributed by atoms with van der Waals surface area (Å²) in [6.07, 6.45) is 9.68. The minimum Gasteiger partial charge on any atom is -0.506 e. The SMILES string of the molecule is COc1ccc(CC(C)NCC(O)c2ccc(O)c(NC=O)c2)cc1.COc1ccc(CC(C)NCC(O)c2ccc(O)c(NC=O)c2)cc1.C[C@@H]1C[C@H]2[C@@H]3CCC4=CC(=O)C=C[C@]4(C)[C@@]3(Cl)[C@@H](O)C[C@]2(C)[C@@]1(OC(=O)c1ccco1)C(=O)CCl.O=C(O)/C=C/C(=O)O. The predicted molar refractivity (Wildman–Crippen MR) is 348 cm³/mol. The molecule has 3 saturated carbocycles. The van der Waals surface area contributed by atoms with Gasteiger partial charge in [0.15, 0.2) is 17.2 Å². The summed E-state index contributed by atoms with van der Waals surface area (Å²) >= 11 is 13.6. The van der Waals surface area contributed by atoms with Gasteiger partial charge >= 0.3 is 17.9 Å². The molecule has 3 fully saturated rings. The van der Waals surface area contributed by atoms with Gasteiger partial charge < -0.3 is 75.6 Å². The highest BCUT2D eigenvalue weighted by Gasteiger charge is 2.76. The number of ketones is 2. The van der Waals surface area contributed by atoms with E-state index in [-0.39, 0.29) is 82.3 Å². The highest BCUT2D eigenvalue weighted by molar-refractivity contribution is 6.29. The van der Waals surface area contributed by atoms with Gasteiger partial charge in [0.05, 0.1) is 60.9 Å². The van der Waals surface area contributed by atoms with Crippen LogP contribution in [0.25, 0.3) is 0 Å². The van der Waals surface area contributed by atoms with E-state index >= 15 is 0 Å². The van der Waals surface area contributed by atoms with Crippen LogP contribution in [0.3, 0.4) is 0 Å². The highest BCUT2D eigenvalue weighted by atomic mass is 35.5. The topological polar surface area (TPSA) is 350 Å². The fourth-order valence-electron chi connectivity index (χ4n) is 13.3. The molecule has 0 saturated heterocycles. The molecule has 0 bridgehead atoms. The largest absolute Gasteiger partial charge is 0.506 e. The number of fused-ring (bicyclic) bond motifs is 5. The molecule has 22 nitrogen and oxygen atoms in total. The van der Waals surface area contributed by atoms with Crippen molar-refractivity contribution in [3.8, 4) is 23.0 Å². The molecule has 1 heterocycles. The number of phenolic OH excluding ortho intramolecular Hbond substituents is 2. The number of amides is 2. The number of carbonyl (C=O) groups is 7. The molecule has 93 heavy (non-hydrogen) atoms. The molecule has 12 atom stereocenters. The van der Waals surface area contributed by atoms with E-state index in [1.54, 1.807) is 50.6 Å². The summed E-state index contributed by atoms with van der Waals surface area (Å²) < 4.78 is 21.6. The predicted octanol–water partition coefficient (Wildman–Crippen LogP) is 9.03. The van der Waals surface area contributed by atoms with Crippen molar-refractivity contribution in [3.63, 3.8) is 0 Å². The fourth-order valence-corrected chi connectivity index (χ4v) is 14.1.